The monoisotopic (exact) mass is 163 g/mol. The second-order valence-corrected chi connectivity index (χ2v) is 1.38. The predicted molar refractivity (Wildman–Crippen MR) is 30.0 cm³/mol. The quantitative estimate of drug-likeness (QED) is 0.464. The van der Waals surface area contributed by atoms with E-state index in [1.807, 2.05) is 6.07 Å². The van der Waals surface area contributed by atoms with E-state index in [1.165, 1.54) is 0 Å². The summed E-state index contributed by atoms with van der Waals surface area (Å²) in [6, 6.07) is 1.96. The Morgan fingerprint density at radius 3 is 2.86 bits per heavy atom. The molecule has 0 aliphatic rings. The summed E-state index contributed by atoms with van der Waals surface area (Å²) in [5.74, 6) is 0. The molecule has 7 heavy (non-hydrogen) atoms. The fourth-order valence-corrected chi connectivity index (χ4v) is 0.401. The summed E-state index contributed by atoms with van der Waals surface area (Å²) in [5.41, 5.74) is 0.522. The fraction of sp³-hybridized carbons (Fsp3) is 0.750. The molecule has 3 heteroatoms. The highest BCUT2D eigenvalue weighted by Gasteiger charge is 1.78. The van der Waals surface area contributed by atoms with Gasteiger partial charge in [0.1, 0.15) is 5.52 Å². The van der Waals surface area contributed by atoms with Gasteiger partial charge >= 0.3 is 0 Å². The van der Waals surface area contributed by atoms with Gasteiger partial charge in [-0.2, -0.15) is 5.26 Å². The predicted octanol–water partition coefficient (Wildman–Crippen LogP) is 1.27. The van der Waals surface area contributed by atoms with Crippen LogP contribution in [0.3, 0.4) is 0 Å². The maximum atomic E-state index is 7.95. The van der Waals surface area contributed by atoms with Gasteiger partial charge in [0.2, 0.25) is 0 Å². The number of rotatable bonds is 3. The van der Waals surface area contributed by atoms with Crippen LogP contribution in [0.4, 0.5) is 0 Å². The first-order valence-corrected chi connectivity index (χ1v) is 3.04. The van der Waals surface area contributed by atoms with E-state index in [9.17, 15) is 0 Å². The lowest BCUT2D eigenvalue weighted by Crippen LogP contribution is -1.87. The van der Waals surface area contributed by atoms with Crippen LogP contribution < -0.4 is 0 Å². The van der Waals surface area contributed by atoms with Crippen LogP contribution in [0.25, 0.3) is 0 Å². The van der Waals surface area contributed by atoms with Crippen molar-refractivity contribution < 1.29 is 4.74 Å². The minimum absolute atomic E-state index is 0.478. The molecule has 0 N–H and O–H groups in total. The van der Waals surface area contributed by atoms with Crippen LogP contribution in [0.2, 0.25) is 0 Å². The van der Waals surface area contributed by atoms with Gasteiger partial charge in [0, 0.05) is 0 Å². The normalized spacial score (nSPS) is 8.00. The summed E-state index contributed by atoms with van der Waals surface area (Å²) < 4.78 is 4.77. The van der Waals surface area contributed by atoms with Gasteiger partial charge in [-0.05, 0) is 0 Å². The van der Waals surface area contributed by atoms with E-state index in [4.69, 9.17) is 10.00 Å². The van der Waals surface area contributed by atoms with Gasteiger partial charge in [-0.3, -0.25) is 0 Å². The molecular weight excluding hydrogens is 158 g/mol. The molecule has 0 aliphatic carbocycles. The van der Waals surface area contributed by atoms with E-state index in [0.29, 0.717) is 18.5 Å². The Balaban J connectivity index is 2.60. The molecule has 0 radical (unpaired) electrons. The molecule has 0 atom stereocenters. The van der Waals surface area contributed by atoms with Crippen molar-refractivity contribution in [1.29, 1.82) is 5.26 Å². The number of hydrogen-bond acceptors (Lipinski definition) is 2. The molecule has 0 aliphatic heterocycles. The van der Waals surface area contributed by atoms with E-state index < -0.39 is 0 Å². The number of halogens is 1. The molecule has 0 fully saturated rings. The first kappa shape index (κ1) is 6.93. The number of nitrogens with zero attached hydrogens (tertiary/aromatic N) is 1. The van der Waals surface area contributed by atoms with Gasteiger partial charge in [0.15, 0.2) is 0 Å². The second-order valence-electron chi connectivity index (χ2n) is 0.925. The smallest absolute Gasteiger partial charge is 0.102 e. The number of hydrogen-bond donors (Lipinski definition) is 0. The van der Waals surface area contributed by atoms with Crippen LogP contribution in [0.15, 0.2) is 0 Å². The van der Waals surface area contributed by atoms with E-state index in [-0.39, 0.29) is 0 Å². The molecule has 0 rings (SSSR count). The highest BCUT2D eigenvalue weighted by atomic mass is 79.9. The summed E-state index contributed by atoms with van der Waals surface area (Å²) in [7, 11) is 0. The zero-order chi connectivity index (χ0) is 5.54. The van der Waals surface area contributed by atoms with Crippen LogP contribution in [0.5, 0.6) is 0 Å². The van der Waals surface area contributed by atoms with Crippen LogP contribution in [0.1, 0.15) is 6.42 Å². The molecule has 0 heterocycles. The molecule has 0 saturated carbocycles. The summed E-state index contributed by atoms with van der Waals surface area (Å²) in [6.45, 7) is 0.530. The Morgan fingerprint density at radius 1 is 1.71 bits per heavy atom. The van der Waals surface area contributed by atoms with E-state index in [2.05, 4.69) is 15.9 Å². The van der Waals surface area contributed by atoms with Gasteiger partial charge in [-0.1, -0.05) is 15.9 Å². The fourth-order valence-electron chi connectivity index (χ4n) is 0.172. The van der Waals surface area contributed by atoms with Crippen molar-refractivity contribution in [3.63, 3.8) is 0 Å². The van der Waals surface area contributed by atoms with E-state index in [1.54, 1.807) is 0 Å². The van der Waals surface area contributed by atoms with Crippen molar-refractivity contribution in [2.24, 2.45) is 0 Å². The van der Waals surface area contributed by atoms with Gasteiger partial charge in [-0.25, -0.2) is 0 Å². The van der Waals surface area contributed by atoms with Crippen LogP contribution in [-0.4, -0.2) is 12.1 Å². The Bertz CT molecular complexity index is 68.6. The Hall–Kier alpha value is -0.0700. The average Bonchev–Trinajstić information content (AvgIpc) is 1.69. The number of ether oxygens (including phenoxy) is 1. The van der Waals surface area contributed by atoms with Crippen molar-refractivity contribution in [2.45, 2.75) is 6.42 Å². The SMILES string of the molecule is N#CCCOCBr. The molecule has 0 aromatic carbocycles. The minimum atomic E-state index is 0.478. The molecule has 0 bridgehead atoms. The van der Waals surface area contributed by atoms with Gasteiger partial charge in [0.25, 0.3) is 0 Å². The van der Waals surface area contributed by atoms with Crippen molar-refractivity contribution in [1.82, 2.24) is 0 Å². The van der Waals surface area contributed by atoms with E-state index >= 15 is 0 Å². The average molecular weight is 164 g/mol. The zero-order valence-electron chi connectivity index (χ0n) is 3.85. The minimum Gasteiger partial charge on any atom is -0.369 e. The van der Waals surface area contributed by atoms with Gasteiger partial charge < -0.3 is 4.74 Å². The summed E-state index contributed by atoms with van der Waals surface area (Å²) in [4.78, 5) is 0. The third-order valence-corrected chi connectivity index (χ3v) is 0.759. The van der Waals surface area contributed by atoms with Crippen LogP contribution in [0, 0.1) is 11.3 Å². The van der Waals surface area contributed by atoms with Gasteiger partial charge in [0.05, 0.1) is 19.1 Å². The molecule has 0 spiro atoms. The highest BCUT2D eigenvalue weighted by molar-refractivity contribution is 9.09. The van der Waals surface area contributed by atoms with E-state index in [0.717, 1.165) is 0 Å². The van der Waals surface area contributed by atoms with Crippen molar-refractivity contribution in [3.05, 3.63) is 0 Å². The Labute approximate surface area is 51.2 Å². The molecule has 0 saturated heterocycles. The second kappa shape index (κ2) is 5.93. The first-order valence-electron chi connectivity index (χ1n) is 1.92. The standard InChI is InChI=1S/C4H6BrNO/c5-4-7-3-1-2-6/h1,3-4H2. The largest absolute Gasteiger partial charge is 0.369 e. The number of nitriles is 1. The molecule has 2 nitrogen and oxygen atoms in total. The lowest BCUT2D eigenvalue weighted by atomic mass is 10.5. The third kappa shape index (κ3) is 5.93. The Kier molecular flexibility index (Phi) is 5.87. The van der Waals surface area contributed by atoms with Crippen LogP contribution >= 0.6 is 15.9 Å². The van der Waals surface area contributed by atoms with Crippen molar-refractivity contribution in [2.75, 3.05) is 12.1 Å². The summed E-state index contributed by atoms with van der Waals surface area (Å²) in [6.07, 6.45) is 0.478. The highest BCUT2D eigenvalue weighted by Crippen LogP contribution is 1.83. The van der Waals surface area contributed by atoms with Crippen LogP contribution in [-0.2, 0) is 4.74 Å². The molecule has 0 aromatic heterocycles. The molecule has 40 valence electrons. The molecule has 0 aromatic rings. The topological polar surface area (TPSA) is 33.0 Å². The maximum absolute atomic E-state index is 7.95. The Morgan fingerprint density at radius 2 is 2.43 bits per heavy atom. The third-order valence-electron chi connectivity index (χ3n) is 0.435. The van der Waals surface area contributed by atoms with Crippen molar-refractivity contribution >= 4 is 15.9 Å². The zero-order valence-corrected chi connectivity index (χ0v) is 5.44. The number of alkyl halides is 1. The maximum Gasteiger partial charge on any atom is 0.102 e. The summed E-state index contributed by atoms with van der Waals surface area (Å²) in [5, 5.41) is 7.95. The molecular formula is C4H6BrNO. The lowest BCUT2D eigenvalue weighted by molar-refractivity contribution is 0.193. The van der Waals surface area contributed by atoms with Crippen molar-refractivity contribution in [3.8, 4) is 6.07 Å². The summed E-state index contributed by atoms with van der Waals surface area (Å²) >= 11 is 3.05. The first-order chi connectivity index (χ1) is 3.41. The molecule has 0 amide bonds. The lowest BCUT2D eigenvalue weighted by Gasteiger charge is -1.88. The molecule has 0 unspecified atom stereocenters. The van der Waals surface area contributed by atoms with Gasteiger partial charge in [-0.15, -0.1) is 0 Å².